The quantitative estimate of drug-likeness (QED) is 0.276. The molecule has 0 atom stereocenters. The Hall–Kier alpha value is -2.44. The third kappa shape index (κ3) is 4.88. The van der Waals surface area contributed by atoms with E-state index in [2.05, 4.69) is 0 Å². The Bertz CT molecular complexity index is 940. The van der Waals surface area contributed by atoms with Gasteiger partial charge in [0.1, 0.15) is 7.14 Å². The molecule has 2 nitrogen and oxygen atoms in total. The molecule has 3 aromatic carbocycles. The first-order valence-electron chi connectivity index (χ1n) is 8.78. The molecular formula is C24H21FeO2P. The molecule has 4 heteroatoms. The fraction of sp³-hybridized carbons (Fsp3) is 0.0417. The first-order valence-corrected chi connectivity index (χ1v) is 10.5. The molecule has 0 aromatic heterocycles. The Labute approximate surface area is 177 Å². The van der Waals surface area contributed by atoms with Crippen LogP contribution in [0.1, 0.15) is 6.92 Å². The molecular weight excluding hydrogens is 407 g/mol. The maximum Gasteiger partial charge on any atom is 2.00 e. The van der Waals surface area contributed by atoms with Gasteiger partial charge in [-0.05, 0) is 5.57 Å². The maximum absolute atomic E-state index is 13.7. The Morgan fingerprint density at radius 3 is 1.68 bits per heavy atom. The molecule has 3 aromatic rings. The van der Waals surface area contributed by atoms with Gasteiger partial charge in [0.15, 0.2) is 0 Å². The van der Waals surface area contributed by atoms with Crippen LogP contribution in [-0.4, -0.2) is 0 Å². The molecule has 0 heterocycles. The average Bonchev–Trinajstić information content (AvgIpc) is 3.43. The van der Waals surface area contributed by atoms with Crippen LogP contribution in [0.4, 0.5) is 0 Å². The summed E-state index contributed by atoms with van der Waals surface area (Å²) in [6.07, 6.45) is 7.33. The van der Waals surface area contributed by atoms with Gasteiger partial charge in [-0.15, -0.1) is 5.76 Å². The van der Waals surface area contributed by atoms with E-state index in [-0.39, 0.29) is 22.8 Å². The molecule has 0 saturated heterocycles. The molecule has 1 aliphatic rings. The van der Waals surface area contributed by atoms with Crippen molar-refractivity contribution >= 4 is 23.1 Å². The minimum atomic E-state index is -2.73. The zero-order chi connectivity index (χ0) is 19.1. The van der Waals surface area contributed by atoms with Crippen molar-refractivity contribution in [3.8, 4) is 0 Å². The molecule has 4 rings (SSSR count). The van der Waals surface area contributed by atoms with Crippen molar-refractivity contribution in [3.05, 3.63) is 121 Å². The summed E-state index contributed by atoms with van der Waals surface area (Å²) in [5.74, 6) is 0.134. The molecule has 0 unspecified atom stereocenters. The first kappa shape index (κ1) is 21.9. The van der Waals surface area contributed by atoms with Crippen molar-refractivity contribution in [2.24, 2.45) is 0 Å². The van der Waals surface area contributed by atoms with Gasteiger partial charge in [-0.1, -0.05) is 97.2 Å². The van der Waals surface area contributed by atoms with Gasteiger partial charge in [0, 0.05) is 10.6 Å². The Balaban J connectivity index is 0.000000264. The summed E-state index contributed by atoms with van der Waals surface area (Å²) in [6, 6.07) is 27.2. The van der Waals surface area contributed by atoms with Gasteiger partial charge in [0.25, 0.3) is 0 Å². The molecule has 142 valence electrons. The third-order valence-electron chi connectivity index (χ3n) is 4.32. The van der Waals surface area contributed by atoms with E-state index in [0.717, 1.165) is 21.5 Å². The summed E-state index contributed by atoms with van der Waals surface area (Å²) in [6.45, 7) is 1.56. The summed E-state index contributed by atoms with van der Waals surface area (Å²) in [4.78, 5) is 0. The van der Waals surface area contributed by atoms with E-state index in [0.29, 0.717) is 0 Å². The Morgan fingerprint density at radius 2 is 1.32 bits per heavy atom. The van der Waals surface area contributed by atoms with E-state index in [4.69, 9.17) is 0 Å². The SMILES string of the molecule is CC([O-])=C1C=CC=C1.O=P(c1ccccc1)(c1ccccc1)c1ccc[cH-]1.[Fe+2]. The van der Waals surface area contributed by atoms with Crippen LogP contribution in [0.25, 0.3) is 0 Å². The van der Waals surface area contributed by atoms with E-state index in [1.165, 1.54) is 0 Å². The van der Waals surface area contributed by atoms with Crippen molar-refractivity contribution in [1.82, 2.24) is 0 Å². The second-order valence-electron chi connectivity index (χ2n) is 6.15. The van der Waals surface area contributed by atoms with Crippen LogP contribution >= 0.6 is 7.14 Å². The van der Waals surface area contributed by atoms with Crippen LogP contribution in [0.2, 0.25) is 0 Å². The molecule has 28 heavy (non-hydrogen) atoms. The number of hydrogen-bond donors (Lipinski definition) is 0. The standard InChI is InChI=1S/C17H14OP.C7H8O.Fe/c18-19(17-13-7-8-14-17,15-9-3-1-4-10-15)16-11-5-2-6-12-16;1-6(8)7-4-2-3-5-7;/h1-14H;2-5,8H,1H3;/q-1;;+2/p-1. The monoisotopic (exact) mass is 428 g/mol. The summed E-state index contributed by atoms with van der Waals surface area (Å²) in [7, 11) is -2.73. The number of benzene rings is 2. The minimum absolute atomic E-state index is 0. The van der Waals surface area contributed by atoms with Gasteiger partial charge in [-0.2, -0.15) is 12.1 Å². The number of allylic oxidation sites excluding steroid dienone is 6. The maximum atomic E-state index is 13.7. The third-order valence-corrected chi connectivity index (χ3v) is 7.39. The summed E-state index contributed by atoms with van der Waals surface area (Å²) >= 11 is 0. The normalized spacial score (nSPS) is 12.1. The van der Waals surface area contributed by atoms with E-state index in [1.54, 1.807) is 6.92 Å². The molecule has 0 fully saturated rings. The molecule has 0 bridgehead atoms. The predicted molar refractivity (Wildman–Crippen MR) is 112 cm³/mol. The molecule has 0 amide bonds. The van der Waals surface area contributed by atoms with Gasteiger partial charge in [-0.25, -0.2) is 12.1 Å². The van der Waals surface area contributed by atoms with E-state index < -0.39 is 7.14 Å². The second kappa shape index (κ2) is 10.2. The Kier molecular flexibility index (Phi) is 7.96. The number of rotatable bonds is 3. The van der Waals surface area contributed by atoms with Crippen molar-refractivity contribution in [2.75, 3.05) is 0 Å². The molecule has 0 aliphatic heterocycles. The van der Waals surface area contributed by atoms with Gasteiger partial charge in [0.05, 0.1) is 0 Å². The number of hydrogen-bond acceptors (Lipinski definition) is 2. The zero-order valence-electron chi connectivity index (χ0n) is 15.5. The predicted octanol–water partition coefficient (Wildman–Crippen LogP) is 3.79. The van der Waals surface area contributed by atoms with Crippen LogP contribution in [0.3, 0.4) is 0 Å². The summed E-state index contributed by atoms with van der Waals surface area (Å²) in [5, 5.41) is 13.2. The van der Waals surface area contributed by atoms with Gasteiger partial charge >= 0.3 is 17.1 Å². The van der Waals surface area contributed by atoms with Crippen molar-refractivity contribution in [3.63, 3.8) is 0 Å². The van der Waals surface area contributed by atoms with Crippen LogP contribution in [-0.2, 0) is 21.6 Å². The molecule has 0 N–H and O–H groups in total. The zero-order valence-corrected chi connectivity index (χ0v) is 17.5. The largest absolute Gasteiger partial charge is 2.00 e. The van der Waals surface area contributed by atoms with Crippen LogP contribution < -0.4 is 21.0 Å². The van der Waals surface area contributed by atoms with Crippen LogP contribution in [0, 0.1) is 0 Å². The fourth-order valence-electron chi connectivity index (χ4n) is 2.91. The van der Waals surface area contributed by atoms with Gasteiger partial charge < -0.3 is 9.67 Å². The van der Waals surface area contributed by atoms with Crippen molar-refractivity contribution in [2.45, 2.75) is 6.92 Å². The van der Waals surface area contributed by atoms with E-state index >= 15 is 0 Å². The Morgan fingerprint density at radius 1 is 0.821 bits per heavy atom. The molecule has 0 saturated carbocycles. The molecule has 0 radical (unpaired) electrons. The minimum Gasteiger partial charge on any atom is -0.875 e. The van der Waals surface area contributed by atoms with Crippen molar-refractivity contribution < 1.29 is 26.7 Å². The molecule has 1 aliphatic carbocycles. The van der Waals surface area contributed by atoms with Crippen LogP contribution in [0.5, 0.6) is 0 Å². The van der Waals surface area contributed by atoms with Gasteiger partial charge in [0.2, 0.25) is 0 Å². The van der Waals surface area contributed by atoms with E-state index in [9.17, 15) is 9.67 Å². The van der Waals surface area contributed by atoms with E-state index in [1.807, 2.05) is 109 Å². The summed E-state index contributed by atoms with van der Waals surface area (Å²) in [5.41, 5.74) is 0.796. The summed E-state index contributed by atoms with van der Waals surface area (Å²) < 4.78 is 13.7. The second-order valence-corrected chi connectivity index (χ2v) is 8.92. The fourth-order valence-corrected chi connectivity index (χ4v) is 5.58. The smallest absolute Gasteiger partial charge is 0.875 e. The van der Waals surface area contributed by atoms with Crippen molar-refractivity contribution in [1.29, 1.82) is 0 Å². The van der Waals surface area contributed by atoms with Gasteiger partial charge in [-0.3, -0.25) is 0 Å². The first-order chi connectivity index (χ1) is 13.1. The average molecular weight is 428 g/mol. The topological polar surface area (TPSA) is 40.1 Å². The van der Waals surface area contributed by atoms with Crippen LogP contribution in [0.15, 0.2) is 121 Å². The molecule has 0 spiro atoms.